The molecule has 4 fully saturated rings. The molecule has 3 saturated heterocycles. The summed E-state index contributed by atoms with van der Waals surface area (Å²) in [4.78, 5) is 17.6. The molecule has 1 spiro atoms. The van der Waals surface area contributed by atoms with Crippen LogP contribution in [0.1, 0.15) is 32.3 Å². The van der Waals surface area contributed by atoms with E-state index in [1.807, 2.05) is 7.11 Å². The van der Waals surface area contributed by atoms with Crippen LogP contribution in [0, 0.1) is 17.8 Å². The molecule has 4 heterocycles. The van der Waals surface area contributed by atoms with Crippen molar-refractivity contribution in [1.29, 1.82) is 0 Å². The second-order valence-electron chi connectivity index (χ2n) is 9.24. The monoisotopic (exact) mass is 368 g/mol. The van der Waals surface area contributed by atoms with Crippen molar-refractivity contribution in [2.24, 2.45) is 17.8 Å². The van der Waals surface area contributed by atoms with Crippen LogP contribution >= 0.6 is 0 Å². The Hall–Kier alpha value is -1.43. The third-order valence-electron chi connectivity index (χ3n) is 8.69. The highest BCUT2D eigenvalue weighted by molar-refractivity contribution is 5.96. The molecular formula is C22H28N2O3. The minimum atomic E-state index is -0.299. The zero-order valence-electron chi connectivity index (χ0n) is 16.4. The summed E-state index contributed by atoms with van der Waals surface area (Å²) in [6.45, 7) is 6.78. The van der Waals surface area contributed by atoms with Crippen LogP contribution in [0.2, 0.25) is 0 Å². The summed E-state index contributed by atoms with van der Waals surface area (Å²) in [5, 5.41) is 0. The lowest BCUT2D eigenvalue weighted by molar-refractivity contribution is -0.260. The van der Waals surface area contributed by atoms with E-state index in [0.717, 1.165) is 38.2 Å². The summed E-state index contributed by atoms with van der Waals surface area (Å²) in [5.41, 5.74) is 1.95. The van der Waals surface area contributed by atoms with Gasteiger partial charge in [-0.2, -0.15) is 0 Å². The smallest absolute Gasteiger partial charge is 0.224 e. The van der Waals surface area contributed by atoms with Crippen LogP contribution in [0.25, 0.3) is 0 Å². The molecule has 4 aliphatic heterocycles. The number of hydrogen-bond donors (Lipinski definition) is 0. The van der Waals surface area contributed by atoms with Crippen molar-refractivity contribution in [2.75, 3.05) is 31.7 Å². The molecule has 0 unspecified atom stereocenters. The quantitative estimate of drug-likeness (QED) is 0.763. The lowest BCUT2D eigenvalue weighted by Crippen LogP contribution is -2.75. The van der Waals surface area contributed by atoms with Crippen molar-refractivity contribution in [3.8, 4) is 0 Å². The van der Waals surface area contributed by atoms with Crippen molar-refractivity contribution in [2.45, 2.75) is 50.0 Å². The maximum Gasteiger partial charge on any atom is 0.224 e. The molecule has 0 radical (unpaired) electrons. The molecule has 1 aromatic carbocycles. The predicted molar refractivity (Wildman–Crippen MR) is 101 cm³/mol. The van der Waals surface area contributed by atoms with Gasteiger partial charge in [-0.3, -0.25) is 9.69 Å². The van der Waals surface area contributed by atoms with Crippen LogP contribution in [-0.2, 0) is 19.7 Å². The number of fused-ring (bicyclic) bond motifs is 2. The minimum absolute atomic E-state index is 0.131. The predicted octanol–water partition coefficient (Wildman–Crippen LogP) is 2.39. The van der Waals surface area contributed by atoms with Gasteiger partial charge in [-0.05, 0) is 37.3 Å². The Morgan fingerprint density at radius 3 is 2.85 bits per heavy atom. The molecule has 0 N–H and O–H groups in total. The highest BCUT2D eigenvalue weighted by Gasteiger charge is 2.76. The molecule has 1 saturated carbocycles. The third kappa shape index (κ3) is 1.63. The Morgan fingerprint density at radius 1 is 1.26 bits per heavy atom. The van der Waals surface area contributed by atoms with E-state index in [2.05, 4.69) is 41.0 Å². The first-order valence-corrected chi connectivity index (χ1v) is 10.4. The number of nitrogens with zero attached hydrogens (tertiary/aromatic N) is 2. The fraction of sp³-hybridized carbons (Fsp3) is 0.682. The number of carbonyl (C=O) groups excluding carboxylic acids is 1. The van der Waals surface area contributed by atoms with Gasteiger partial charge in [0.1, 0.15) is 5.72 Å². The number of carbonyl (C=O) groups is 1. The Morgan fingerprint density at radius 2 is 2.07 bits per heavy atom. The number of benzene rings is 1. The maximum absolute atomic E-state index is 12.9. The van der Waals surface area contributed by atoms with E-state index < -0.39 is 0 Å². The van der Waals surface area contributed by atoms with Gasteiger partial charge in [0.05, 0.1) is 24.2 Å². The fourth-order valence-electron chi connectivity index (χ4n) is 7.81. The van der Waals surface area contributed by atoms with Gasteiger partial charge < -0.3 is 14.4 Å². The van der Waals surface area contributed by atoms with Gasteiger partial charge in [0.2, 0.25) is 5.91 Å². The molecule has 5 heteroatoms. The van der Waals surface area contributed by atoms with Crippen LogP contribution in [0.3, 0.4) is 0 Å². The Kier molecular flexibility index (Phi) is 3.14. The average molecular weight is 368 g/mol. The number of piperidine rings is 1. The topological polar surface area (TPSA) is 42.0 Å². The number of hydrogen-bond acceptors (Lipinski definition) is 4. The number of para-hydroxylation sites is 1. The summed E-state index contributed by atoms with van der Waals surface area (Å²) in [5.74, 6) is 1.60. The number of rotatable bonds is 1. The molecule has 144 valence electrons. The molecule has 27 heavy (non-hydrogen) atoms. The van der Waals surface area contributed by atoms with E-state index in [4.69, 9.17) is 9.47 Å². The van der Waals surface area contributed by atoms with Gasteiger partial charge in [-0.25, -0.2) is 0 Å². The maximum atomic E-state index is 12.9. The first-order valence-electron chi connectivity index (χ1n) is 10.4. The second kappa shape index (κ2) is 5.13. The number of amides is 1. The SMILES string of the molecule is CO[C@@]12C[C@@H]3[C@H]4CO[C@H](C)[C@@H]3CN1CC[C@@]21c2ccccc2N(C(C)=O)[C@@H]41. The van der Waals surface area contributed by atoms with E-state index in [-0.39, 0.29) is 29.2 Å². The van der Waals surface area contributed by atoms with E-state index in [1.54, 1.807) is 6.92 Å². The largest absolute Gasteiger partial charge is 0.378 e. The lowest BCUT2D eigenvalue weighted by Gasteiger charge is -2.65. The van der Waals surface area contributed by atoms with E-state index >= 15 is 0 Å². The molecule has 1 amide bonds. The normalized spacial score (nSPS) is 46.9. The molecule has 0 aromatic heterocycles. The summed E-state index contributed by atoms with van der Waals surface area (Å²) in [6.07, 6.45) is 2.39. The van der Waals surface area contributed by atoms with Crippen molar-refractivity contribution in [3.05, 3.63) is 29.8 Å². The van der Waals surface area contributed by atoms with Crippen LogP contribution in [0.15, 0.2) is 24.3 Å². The first-order chi connectivity index (χ1) is 13.0. The summed E-state index contributed by atoms with van der Waals surface area (Å²) < 4.78 is 12.8. The molecule has 2 bridgehead atoms. The summed E-state index contributed by atoms with van der Waals surface area (Å²) >= 11 is 0. The molecule has 1 aromatic rings. The highest BCUT2D eigenvalue weighted by Crippen LogP contribution is 2.68. The van der Waals surface area contributed by atoms with E-state index in [9.17, 15) is 4.79 Å². The van der Waals surface area contributed by atoms with Crippen LogP contribution < -0.4 is 4.90 Å². The number of anilines is 1. The second-order valence-corrected chi connectivity index (χ2v) is 9.24. The Labute approximate surface area is 160 Å². The van der Waals surface area contributed by atoms with Gasteiger partial charge >= 0.3 is 0 Å². The number of methoxy groups -OCH3 is 1. The molecule has 7 atom stereocenters. The molecule has 5 aliphatic rings. The molecule has 6 rings (SSSR count). The first kappa shape index (κ1) is 16.5. The van der Waals surface area contributed by atoms with Crippen LogP contribution in [0.4, 0.5) is 5.69 Å². The summed E-state index contributed by atoms with van der Waals surface area (Å²) in [7, 11) is 1.89. The Bertz CT molecular complexity index is 828. The molecule has 1 aliphatic carbocycles. The van der Waals surface area contributed by atoms with E-state index in [1.165, 1.54) is 5.56 Å². The fourth-order valence-corrected chi connectivity index (χ4v) is 7.81. The van der Waals surface area contributed by atoms with Crippen LogP contribution in [-0.4, -0.2) is 55.5 Å². The van der Waals surface area contributed by atoms with Crippen molar-refractivity contribution >= 4 is 11.6 Å². The van der Waals surface area contributed by atoms with Gasteiger partial charge in [-0.1, -0.05) is 18.2 Å². The third-order valence-corrected chi connectivity index (χ3v) is 8.69. The Balaban J connectivity index is 1.65. The van der Waals surface area contributed by atoms with Crippen molar-refractivity contribution in [1.82, 2.24) is 4.90 Å². The van der Waals surface area contributed by atoms with Crippen LogP contribution in [0.5, 0.6) is 0 Å². The zero-order valence-corrected chi connectivity index (χ0v) is 16.4. The van der Waals surface area contributed by atoms with Gasteiger partial charge in [0, 0.05) is 44.6 Å². The number of ether oxygens (including phenoxy) is 2. The standard InChI is InChI=1S/C22H28N2O3/c1-13-16-11-23-9-8-21-18-6-4-5-7-19(18)24(14(2)25)20(21)17(12-27-13)15(16)10-22(21,23)26-3/h4-7,13,15-17,20H,8-12H2,1-3H3/t13-,15+,16+,17-,20+,21+,22-/m1/s1. The van der Waals surface area contributed by atoms with Crippen molar-refractivity contribution in [3.63, 3.8) is 0 Å². The highest BCUT2D eigenvalue weighted by atomic mass is 16.5. The van der Waals surface area contributed by atoms with Gasteiger partial charge in [-0.15, -0.1) is 0 Å². The summed E-state index contributed by atoms with van der Waals surface area (Å²) in [6, 6.07) is 8.69. The van der Waals surface area contributed by atoms with E-state index in [0.29, 0.717) is 17.8 Å². The zero-order chi connectivity index (χ0) is 18.6. The van der Waals surface area contributed by atoms with Gasteiger partial charge in [0.15, 0.2) is 0 Å². The van der Waals surface area contributed by atoms with Crippen molar-refractivity contribution < 1.29 is 14.3 Å². The minimum Gasteiger partial charge on any atom is -0.378 e. The molecular weight excluding hydrogens is 340 g/mol. The lowest BCUT2D eigenvalue weighted by atomic mass is 9.51. The molecule has 5 nitrogen and oxygen atoms in total. The average Bonchev–Trinajstić information content (AvgIpc) is 3.18. The van der Waals surface area contributed by atoms with Gasteiger partial charge in [0.25, 0.3) is 0 Å².